The molecule has 2 N–H and O–H groups in total. The van der Waals surface area contributed by atoms with Gasteiger partial charge in [0, 0.05) is 46.9 Å². The number of carbonyl (C=O) groups excluding carboxylic acids is 2. The van der Waals surface area contributed by atoms with Crippen molar-refractivity contribution in [3.05, 3.63) is 29.8 Å². The minimum atomic E-state index is -0.902. The molecule has 1 saturated carbocycles. The van der Waals surface area contributed by atoms with E-state index >= 15 is 0 Å². The van der Waals surface area contributed by atoms with Gasteiger partial charge in [0.1, 0.15) is 0 Å². The molecular formula is C19H27N3O3S. The van der Waals surface area contributed by atoms with Crippen LogP contribution in [0.4, 0.5) is 10.5 Å². The van der Waals surface area contributed by atoms with Crippen LogP contribution in [0.1, 0.15) is 49.9 Å². The molecule has 1 aliphatic heterocycles. The number of urea groups is 1. The molecule has 3 rings (SSSR count). The number of amides is 3. The van der Waals surface area contributed by atoms with Gasteiger partial charge in [-0.05, 0) is 43.9 Å². The van der Waals surface area contributed by atoms with E-state index < -0.39 is 10.8 Å². The second-order valence-electron chi connectivity index (χ2n) is 7.12. The molecule has 1 aromatic rings. The first-order valence-electron chi connectivity index (χ1n) is 9.33. The van der Waals surface area contributed by atoms with Gasteiger partial charge >= 0.3 is 6.03 Å². The van der Waals surface area contributed by atoms with E-state index in [4.69, 9.17) is 0 Å². The minimum Gasteiger partial charge on any atom is -0.336 e. The lowest BCUT2D eigenvalue weighted by Gasteiger charge is -2.41. The zero-order valence-corrected chi connectivity index (χ0v) is 16.2. The van der Waals surface area contributed by atoms with Gasteiger partial charge in [-0.25, -0.2) is 4.79 Å². The summed E-state index contributed by atoms with van der Waals surface area (Å²) in [5.41, 5.74) is 1.15. The van der Waals surface area contributed by atoms with Crippen molar-refractivity contribution in [3.63, 3.8) is 0 Å². The molecule has 2 fully saturated rings. The Bertz CT molecular complexity index is 714. The molecule has 7 heteroatoms. The van der Waals surface area contributed by atoms with E-state index in [-0.39, 0.29) is 22.7 Å². The summed E-state index contributed by atoms with van der Waals surface area (Å²) in [7, 11) is -0.902. The SMILES string of the molecule is CCC1(CC)CN(C(=O)c2cccc(NC(=O)NC3CC3)c2)CC[S@@]1=O. The lowest BCUT2D eigenvalue weighted by Crippen LogP contribution is -2.54. The summed E-state index contributed by atoms with van der Waals surface area (Å²) >= 11 is 0. The van der Waals surface area contributed by atoms with Crippen LogP contribution in [0.3, 0.4) is 0 Å². The Hall–Kier alpha value is -1.89. The molecule has 1 heterocycles. The predicted molar refractivity (Wildman–Crippen MR) is 104 cm³/mol. The first-order valence-corrected chi connectivity index (χ1v) is 10.6. The van der Waals surface area contributed by atoms with Crippen LogP contribution < -0.4 is 10.6 Å². The molecule has 2 aliphatic rings. The first-order chi connectivity index (χ1) is 12.5. The van der Waals surface area contributed by atoms with Crippen molar-refractivity contribution in [3.8, 4) is 0 Å². The molecule has 1 saturated heterocycles. The zero-order chi connectivity index (χ0) is 18.7. The van der Waals surface area contributed by atoms with Crippen molar-refractivity contribution >= 4 is 28.4 Å². The van der Waals surface area contributed by atoms with E-state index in [0.29, 0.717) is 30.1 Å². The Morgan fingerprint density at radius 1 is 1.27 bits per heavy atom. The van der Waals surface area contributed by atoms with Gasteiger partial charge in [0.2, 0.25) is 0 Å². The van der Waals surface area contributed by atoms with Crippen LogP contribution in [-0.4, -0.2) is 50.7 Å². The molecule has 6 nitrogen and oxygen atoms in total. The molecule has 0 aromatic heterocycles. The number of hydrogen-bond acceptors (Lipinski definition) is 3. The molecule has 0 spiro atoms. The number of rotatable bonds is 5. The van der Waals surface area contributed by atoms with Gasteiger partial charge in [-0.15, -0.1) is 0 Å². The number of nitrogens with one attached hydrogen (secondary N) is 2. The van der Waals surface area contributed by atoms with Crippen LogP contribution in [0.5, 0.6) is 0 Å². The standard InChI is InChI=1S/C19H27N3O3S/c1-3-19(4-2)13-22(10-11-26(19)25)17(23)14-6-5-7-16(12-14)21-18(24)20-15-8-9-15/h5-7,12,15H,3-4,8-11,13H2,1-2H3,(H2,20,21,24)/t26-/m0/s1. The van der Waals surface area contributed by atoms with Gasteiger partial charge in [-0.1, -0.05) is 19.9 Å². The Balaban J connectivity index is 1.70. The highest BCUT2D eigenvalue weighted by molar-refractivity contribution is 7.86. The monoisotopic (exact) mass is 377 g/mol. The van der Waals surface area contributed by atoms with Crippen LogP contribution in [0.25, 0.3) is 0 Å². The fourth-order valence-electron chi connectivity index (χ4n) is 3.37. The summed E-state index contributed by atoms with van der Waals surface area (Å²) in [6.45, 7) is 5.11. The van der Waals surface area contributed by atoms with Crippen molar-refractivity contribution < 1.29 is 13.8 Å². The van der Waals surface area contributed by atoms with Crippen molar-refractivity contribution in [2.45, 2.75) is 50.3 Å². The summed E-state index contributed by atoms with van der Waals surface area (Å²) in [5, 5.41) is 5.65. The van der Waals surface area contributed by atoms with Gasteiger partial charge in [0.25, 0.3) is 5.91 Å². The maximum Gasteiger partial charge on any atom is 0.319 e. The highest BCUT2D eigenvalue weighted by Crippen LogP contribution is 2.29. The molecule has 1 aromatic carbocycles. The fourth-order valence-corrected chi connectivity index (χ4v) is 5.13. The maximum absolute atomic E-state index is 13.0. The normalized spacial score (nSPS) is 21.9. The number of benzene rings is 1. The third-order valence-electron chi connectivity index (χ3n) is 5.36. The third kappa shape index (κ3) is 4.09. The Kier molecular flexibility index (Phi) is 5.65. The Labute approximate surface area is 157 Å². The van der Waals surface area contributed by atoms with E-state index in [1.807, 2.05) is 13.8 Å². The molecule has 0 radical (unpaired) electrons. The van der Waals surface area contributed by atoms with Crippen LogP contribution >= 0.6 is 0 Å². The number of anilines is 1. The molecule has 142 valence electrons. The molecule has 1 atom stereocenters. The Morgan fingerprint density at radius 2 is 2.00 bits per heavy atom. The zero-order valence-electron chi connectivity index (χ0n) is 15.4. The fraction of sp³-hybridized carbons (Fsp3) is 0.579. The maximum atomic E-state index is 13.0. The molecule has 3 amide bonds. The summed E-state index contributed by atoms with van der Waals surface area (Å²) in [5.74, 6) is 0.453. The number of nitrogens with zero attached hydrogens (tertiary/aromatic N) is 1. The van der Waals surface area contributed by atoms with Crippen LogP contribution in [-0.2, 0) is 10.8 Å². The van der Waals surface area contributed by atoms with E-state index in [1.54, 1.807) is 29.2 Å². The Morgan fingerprint density at radius 3 is 2.65 bits per heavy atom. The summed E-state index contributed by atoms with van der Waals surface area (Å²) in [6.07, 6.45) is 3.64. The average Bonchev–Trinajstić information content (AvgIpc) is 3.46. The topological polar surface area (TPSA) is 78.5 Å². The molecule has 0 bridgehead atoms. The highest BCUT2D eigenvalue weighted by Gasteiger charge is 2.40. The van der Waals surface area contributed by atoms with Gasteiger partial charge in [-0.3, -0.25) is 9.00 Å². The van der Waals surface area contributed by atoms with Gasteiger partial charge < -0.3 is 15.5 Å². The van der Waals surface area contributed by atoms with E-state index in [0.717, 1.165) is 25.7 Å². The highest BCUT2D eigenvalue weighted by atomic mass is 32.2. The number of hydrogen-bond donors (Lipinski definition) is 2. The first kappa shape index (κ1) is 18.9. The quantitative estimate of drug-likeness (QED) is 0.828. The number of carbonyl (C=O) groups is 2. The van der Waals surface area contributed by atoms with Crippen LogP contribution in [0.15, 0.2) is 24.3 Å². The van der Waals surface area contributed by atoms with Crippen molar-refractivity contribution in [2.75, 3.05) is 24.2 Å². The largest absolute Gasteiger partial charge is 0.336 e. The lowest BCUT2D eigenvalue weighted by molar-refractivity contribution is 0.0736. The van der Waals surface area contributed by atoms with Crippen molar-refractivity contribution in [2.24, 2.45) is 0 Å². The van der Waals surface area contributed by atoms with E-state index in [2.05, 4.69) is 10.6 Å². The smallest absolute Gasteiger partial charge is 0.319 e. The minimum absolute atomic E-state index is 0.0702. The molecular weight excluding hydrogens is 350 g/mol. The van der Waals surface area contributed by atoms with Gasteiger partial charge in [0.05, 0.1) is 4.75 Å². The van der Waals surface area contributed by atoms with Gasteiger partial charge in [-0.2, -0.15) is 0 Å². The molecule has 26 heavy (non-hydrogen) atoms. The summed E-state index contributed by atoms with van der Waals surface area (Å²) in [6, 6.07) is 7.06. The van der Waals surface area contributed by atoms with Crippen molar-refractivity contribution in [1.82, 2.24) is 10.2 Å². The van der Waals surface area contributed by atoms with Crippen LogP contribution in [0, 0.1) is 0 Å². The lowest BCUT2D eigenvalue weighted by atomic mass is 10.0. The predicted octanol–water partition coefficient (Wildman–Crippen LogP) is 2.73. The van der Waals surface area contributed by atoms with Gasteiger partial charge in [0.15, 0.2) is 0 Å². The second-order valence-corrected chi connectivity index (χ2v) is 9.09. The summed E-state index contributed by atoms with van der Waals surface area (Å²) in [4.78, 5) is 26.6. The van der Waals surface area contributed by atoms with E-state index in [1.165, 1.54) is 0 Å². The second kappa shape index (κ2) is 7.78. The third-order valence-corrected chi connectivity index (χ3v) is 7.59. The van der Waals surface area contributed by atoms with Crippen LogP contribution in [0.2, 0.25) is 0 Å². The van der Waals surface area contributed by atoms with Crippen molar-refractivity contribution in [1.29, 1.82) is 0 Å². The summed E-state index contributed by atoms with van der Waals surface area (Å²) < 4.78 is 12.2. The average molecular weight is 378 g/mol. The molecule has 0 unspecified atom stereocenters. The van der Waals surface area contributed by atoms with E-state index in [9.17, 15) is 13.8 Å². The molecule has 1 aliphatic carbocycles.